The first-order valence-electron chi connectivity index (χ1n) is 11.1. The Morgan fingerprint density at radius 3 is 2.31 bits per heavy atom. The lowest BCUT2D eigenvalue weighted by molar-refractivity contribution is -0.274. The van der Waals surface area contributed by atoms with Gasteiger partial charge in [-0.3, -0.25) is 4.79 Å². The molecule has 0 aromatic heterocycles. The minimum Gasteiger partial charge on any atom is -0.405 e. The van der Waals surface area contributed by atoms with Crippen LogP contribution in [0, 0.1) is 12.8 Å². The number of anilines is 1. The summed E-state index contributed by atoms with van der Waals surface area (Å²) in [6.45, 7) is 1.73. The van der Waals surface area contributed by atoms with Crippen LogP contribution >= 0.6 is 0 Å². The van der Waals surface area contributed by atoms with E-state index in [1.165, 1.54) is 30.3 Å². The second-order valence-electron chi connectivity index (χ2n) is 8.67. The van der Waals surface area contributed by atoms with Gasteiger partial charge < -0.3 is 10.1 Å². The topological polar surface area (TPSA) is 72.5 Å². The number of benzene rings is 3. The van der Waals surface area contributed by atoms with Crippen molar-refractivity contribution in [2.75, 3.05) is 11.1 Å². The number of carbonyl (C=O) groups is 1. The predicted octanol–water partition coefficient (Wildman–Crippen LogP) is 5.93. The summed E-state index contributed by atoms with van der Waals surface area (Å²) in [5.74, 6) is -0.186. The van der Waals surface area contributed by atoms with Crippen molar-refractivity contribution in [2.45, 2.75) is 37.4 Å². The van der Waals surface area contributed by atoms with Crippen molar-refractivity contribution in [3.05, 3.63) is 77.9 Å². The van der Waals surface area contributed by atoms with Crippen LogP contribution in [-0.4, -0.2) is 26.4 Å². The van der Waals surface area contributed by atoms with Crippen LogP contribution in [0.2, 0.25) is 0 Å². The van der Waals surface area contributed by atoms with E-state index in [4.69, 9.17) is 0 Å². The maximum atomic E-state index is 12.8. The second kappa shape index (κ2) is 9.73. The Bertz CT molecular complexity index is 1330. The molecule has 184 valence electrons. The van der Waals surface area contributed by atoms with E-state index >= 15 is 0 Å². The fourth-order valence-corrected chi connectivity index (χ4v) is 5.54. The molecule has 0 aliphatic heterocycles. The normalized spacial score (nSPS) is 13.9. The van der Waals surface area contributed by atoms with Crippen LogP contribution in [-0.2, 0) is 21.1 Å². The van der Waals surface area contributed by atoms with Crippen molar-refractivity contribution in [3.8, 4) is 16.9 Å². The second-order valence-corrected chi connectivity index (χ2v) is 10.7. The SMILES string of the molecule is Cc1cc(NC(=O)Cc2ccc(S(=O)(=O)CC3CC3)cc2)ccc1-c1ccccc1OC(F)(F)F. The Hall–Kier alpha value is -3.33. The van der Waals surface area contributed by atoms with Gasteiger partial charge in [0.1, 0.15) is 5.75 Å². The van der Waals surface area contributed by atoms with Crippen LogP contribution in [0.1, 0.15) is 24.0 Å². The highest BCUT2D eigenvalue weighted by molar-refractivity contribution is 7.91. The molecule has 0 spiro atoms. The molecule has 4 rings (SSSR count). The van der Waals surface area contributed by atoms with Crippen molar-refractivity contribution in [1.82, 2.24) is 0 Å². The van der Waals surface area contributed by atoms with Gasteiger partial charge in [-0.1, -0.05) is 36.4 Å². The molecule has 0 heterocycles. The molecule has 1 saturated carbocycles. The van der Waals surface area contributed by atoms with Crippen LogP contribution < -0.4 is 10.1 Å². The Morgan fingerprint density at radius 1 is 1.00 bits per heavy atom. The molecule has 3 aromatic carbocycles. The lowest BCUT2D eigenvalue weighted by Gasteiger charge is -2.15. The fourth-order valence-electron chi connectivity index (χ4n) is 3.84. The highest BCUT2D eigenvalue weighted by Crippen LogP contribution is 2.36. The molecule has 1 aliphatic carbocycles. The summed E-state index contributed by atoms with van der Waals surface area (Å²) in [7, 11) is -3.31. The first-order valence-corrected chi connectivity index (χ1v) is 12.7. The van der Waals surface area contributed by atoms with Gasteiger partial charge in [0, 0.05) is 11.3 Å². The third kappa shape index (κ3) is 6.63. The molecular weight excluding hydrogens is 479 g/mol. The van der Waals surface area contributed by atoms with Crippen LogP contribution in [0.5, 0.6) is 5.75 Å². The molecule has 35 heavy (non-hydrogen) atoms. The molecule has 1 amide bonds. The molecule has 0 unspecified atom stereocenters. The summed E-state index contributed by atoms with van der Waals surface area (Å²) in [6.07, 6.45) is -2.86. The molecule has 1 fully saturated rings. The van der Waals surface area contributed by atoms with E-state index in [2.05, 4.69) is 10.1 Å². The Kier molecular flexibility index (Phi) is 6.89. The number of hydrogen-bond donors (Lipinski definition) is 1. The van der Waals surface area contributed by atoms with E-state index in [9.17, 15) is 26.4 Å². The zero-order valence-corrected chi connectivity index (χ0v) is 19.7. The maximum Gasteiger partial charge on any atom is 0.573 e. The van der Waals surface area contributed by atoms with Crippen molar-refractivity contribution >= 4 is 21.4 Å². The summed E-state index contributed by atoms with van der Waals surface area (Å²) >= 11 is 0. The van der Waals surface area contributed by atoms with Gasteiger partial charge in [0.15, 0.2) is 9.84 Å². The number of amides is 1. The number of aryl methyl sites for hydroxylation is 1. The largest absolute Gasteiger partial charge is 0.573 e. The van der Waals surface area contributed by atoms with Gasteiger partial charge in [-0.25, -0.2) is 8.42 Å². The first-order chi connectivity index (χ1) is 16.5. The van der Waals surface area contributed by atoms with Crippen molar-refractivity contribution in [3.63, 3.8) is 0 Å². The quantitative estimate of drug-likeness (QED) is 0.414. The highest BCUT2D eigenvalue weighted by Gasteiger charge is 2.32. The van der Waals surface area contributed by atoms with E-state index in [1.54, 1.807) is 43.3 Å². The number of alkyl halides is 3. The predicted molar refractivity (Wildman–Crippen MR) is 127 cm³/mol. The van der Waals surface area contributed by atoms with Crippen LogP contribution in [0.3, 0.4) is 0 Å². The van der Waals surface area contributed by atoms with Gasteiger partial charge in [0.05, 0.1) is 17.1 Å². The van der Waals surface area contributed by atoms with Crippen LogP contribution in [0.25, 0.3) is 11.1 Å². The zero-order valence-electron chi connectivity index (χ0n) is 18.9. The van der Waals surface area contributed by atoms with Gasteiger partial charge >= 0.3 is 6.36 Å². The zero-order chi connectivity index (χ0) is 25.2. The lowest BCUT2D eigenvalue weighted by Crippen LogP contribution is -2.17. The molecule has 1 aliphatic rings. The van der Waals surface area contributed by atoms with Crippen molar-refractivity contribution in [1.29, 1.82) is 0 Å². The third-order valence-corrected chi connectivity index (χ3v) is 7.61. The molecule has 0 radical (unpaired) electrons. The molecular formula is C26H24F3NO4S. The van der Waals surface area contributed by atoms with Crippen molar-refractivity contribution < 1.29 is 31.1 Å². The van der Waals surface area contributed by atoms with Crippen LogP contribution in [0.4, 0.5) is 18.9 Å². The fraction of sp³-hybridized carbons (Fsp3) is 0.269. The lowest BCUT2D eigenvalue weighted by atomic mass is 9.99. The number of halogens is 3. The number of sulfone groups is 1. The summed E-state index contributed by atoms with van der Waals surface area (Å²) < 4.78 is 67.2. The van der Waals surface area contributed by atoms with Gasteiger partial charge in [-0.15, -0.1) is 13.2 Å². The van der Waals surface area contributed by atoms with E-state index in [0.717, 1.165) is 12.8 Å². The summed E-state index contributed by atoms with van der Waals surface area (Å²) in [6, 6.07) is 17.1. The molecule has 3 aromatic rings. The Labute approximate surface area is 201 Å². The number of nitrogens with one attached hydrogen (secondary N) is 1. The van der Waals surface area contributed by atoms with Crippen LogP contribution in [0.15, 0.2) is 71.6 Å². The monoisotopic (exact) mass is 503 g/mol. The van der Waals surface area contributed by atoms with Gasteiger partial charge in [0.25, 0.3) is 0 Å². The standard InChI is InChI=1S/C26H24F3NO4S/c1-17-14-20(10-13-22(17)23-4-2-3-5-24(23)34-26(27,28)29)30-25(31)15-18-8-11-21(12-9-18)35(32,33)16-19-6-7-19/h2-5,8-14,19H,6-7,15-16H2,1H3,(H,30,31). The minimum absolute atomic E-state index is 0.0476. The van der Waals surface area contributed by atoms with E-state index in [1.807, 2.05) is 0 Å². The summed E-state index contributed by atoms with van der Waals surface area (Å²) in [5, 5.41) is 2.77. The minimum atomic E-state index is -4.81. The molecule has 0 atom stereocenters. The average molecular weight is 504 g/mol. The smallest absolute Gasteiger partial charge is 0.405 e. The molecule has 0 saturated heterocycles. The number of para-hydroxylation sites is 1. The third-order valence-electron chi connectivity index (χ3n) is 5.71. The van der Waals surface area contributed by atoms with E-state index < -0.39 is 16.2 Å². The van der Waals surface area contributed by atoms with Gasteiger partial charge in [-0.05, 0) is 72.7 Å². The molecule has 1 N–H and O–H groups in total. The number of rotatable bonds is 8. The summed E-state index contributed by atoms with van der Waals surface area (Å²) in [4.78, 5) is 12.8. The maximum absolute atomic E-state index is 12.8. The average Bonchev–Trinajstić information content (AvgIpc) is 3.57. The van der Waals surface area contributed by atoms with Gasteiger partial charge in [0.2, 0.25) is 5.91 Å². The highest BCUT2D eigenvalue weighted by atomic mass is 32.2. The molecule has 9 heteroatoms. The Balaban J connectivity index is 1.42. The number of hydrogen-bond acceptors (Lipinski definition) is 4. The molecule has 5 nitrogen and oxygen atoms in total. The first kappa shape index (κ1) is 24.8. The number of carbonyl (C=O) groups excluding carboxylic acids is 1. The number of ether oxygens (including phenoxy) is 1. The Morgan fingerprint density at radius 2 is 1.69 bits per heavy atom. The van der Waals surface area contributed by atoms with E-state index in [-0.39, 0.29) is 40.2 Å². The summed E-state index contributed by atoms with van der Waals surface area (Å²) in [5.41, 5.74) is 2.66. The molecule has 0 bridgehead atoms. The van der Waals surface area contributed by atoms with Crippen molar-refractivity contribution in [2.24, 2.45) is 5.92 Å². The van der Waals surface area contributed by atoms with E-state index in [0.29, 0.717) is 22.4 Å². The van der Waals surface area contributed by atoms with Gasteiger partial charge in [-0.2, -0.15) is 0 Å².